The maximum Gasteiger partial charge on any atom is 0.166 e. The largest absolute Gasteiger partial charge is 0.393 e. The molecule has 1 heterocycles. The molecule has 0 aromatic heterocycles. The van der Waals surface area contributed by atoms with Gasteiger partial charge in [-0.25, -0.2) is 0 Å². The van der Waals surface area contributed by atoms with Crippen LogP contribution in [0.4, 0.5) is 0 Å². The Bertz CT molecular complexity index is 299. The molecule has 1 saturated carbocycles. The molecule has 4 N–H and O–H groups in total. The van der Waals surface area contributed by atoms with E-state index < -0.39 is 48.8 Å². The molecular formula is C11H20O7. The number of hydrogen-bond donors (Lipinski definition) is 4. The molecule has 1 saturated heterocycles. The number of aliphatic hydroxyl groups excluding tert-OH is 3. The summed E-state index contributed by atoms with van der Waals surface area (Å²) in [7, 11) is 2.86. The third kappa shape index (κ3) is 1.87. The Kier molecular flexibility index (Phi) is 3.93. The van der Waals surface area contributed by atoms with Crippen molar-refractivity contribution in [1.29, 1.82) is 0 Å². The van der Waals surface area contributed by atoms with Gasteiger partial charge < -0.3 is 34.6 Å². The van der Waals surface area contributed by atoms with Crippen LogP contribution in [-0.4, -0.2) is 71.6 Å². The van der Waals surface area contributed by atoms with Crippen LogP contribution in [0.1, 0.15) is 6.42 Å². The lowest BCUT2D eigenvalue weighted by molar-refractivity contribution is -0.306. The molecule has 0 bridgehead atoms. The lowest BCUT2D eigenvalue weighted by Crippen LogP contribution is -2.55. The Labute approximate surface area is 105 Å². The first-order valence-corrected chi connectivity index (χ1v) is 5.90. The van der Waals surface area contributed by atoms with E-state index in [0.717, 1.165) is 0 Å². The Morgan fingerprint density at radius 1 is 1.28 bits per heavy atom. The molecule has 0 amide bonds. The topological polar surface area (TPSA) is 109 Å². The van der Waals surface area contributed by atoms with E-state index in [0.29, 0.717) is 6.42 Å². The highest BCUT2D eigenvalue weighted by Gasteiger charge is 2.64. The molecule has 1 aliphatic carbocycles. The van der Waals surface area contributed by atoms with Crippen molar-refractivity contribution in [3.05, 3.63) is 0 Å². The molecule has 2 rings (SSSR count). The maximum atomic E-state index is 10.3. The average molecular weight is 264 g/mol. The van der Waals surface area contributed by atoms with Crippen LogP contribution < -0.4 is 0 Å². The van der Waals surface area contributed by atoms with E-state index in [2.05, 4.69) is 0 Å². The third-order valence-corrected chi connectivity index (χ3v) is 4.11. The Hall–Kier alpha value is -0.280. The van der Waals surface area contributed by atoms with E-state index in [1.807, 2.05) is 0 Å². The fourth-order valence-corrected chi connectivity index (χ4v) is 3.10. The molecule has 7 nitrogen and oxygen atoms in total. The van der Waals surface area contributed by atoms with Gasteiger partial charge in [-0.1, -0.05) is 0 Å². The Morgan fingerprint density at radius 3 is 2.44 bits per heavy atom. The summed E-state index contributed by atoms with van der Waals surface area (Å²) in [6, 6.07) is 0. The minimum atomic E-state index is -1.83. The van der Waals surface area contributed by atoms with Crippen LogP contribution in [0.2, 0.25) is 0 Å². The summed E-state index contributed by atoms with van der Waals surface area (Å²) in [6.45, 7) is -0.673. The lowest BCUT2D eigenvalue weighted by atomic mass is 9.81. The molecular weight excluding hydrogens is 244 g/mol. The Balaban J connectivity index is 2.31. The molecule has 2 fully saturated rings. The van der Waals surface area contributed by atoms with Gasteiger partial charge in [0.1, 0.15) is 11.7 Å². The molecule has 0 radical (unpaired) electrons. The molecule has 1 aliphatic heterocycles. The summed E-state index contributed by atoms with van der Waals surface area (Å²) < 4.78 is 15.7. The van der Waals surface area contributed by atoms with E-state index in [1.165, 1.54) is 14.2 Å². The van der Waals surface area contributed by atoms with Crippen LogP contribution in [0.15, 0.2) is 0 Å². The second-order valence-corrected chi connectivity index (χ2v) is 4.92. The summed E-state index contributed by atoms with van der Waals surface area (Å²) >= 11 is 0. The molecule has 7 atom stereocenters. The van der Waals surface area contributed by atoms with E-state index in [-0.39, 0.29) is 0 Å². The summed E-state index contributed by atoms with van der Waals surface area (Å²) in [5.41, 5.74) is -1.83. The highest BCUT2D eigenvalue weighted by atomic mass is 16.8. The van der Waals surface area contributed by atoms with Gasteiger partial charge in [0.25, 0.3) is 0 Å². The van der Waals surface area contributed by atoms with E-state index in [1.54, 1.807) is 0 Å². The number of methoxy groups -OCH3 is 2. The molecule has 2 aliphatic rings. The second kappa shape index (κ2) is 5.01. The van der Waals surface area contributed by atoms with Crippen molar-refractivity contribution in [3.63, 3.8) is 0 Å². The van der Waals surface area contributed by atoms with Crippen molar-refractivity contribution in [3.8, 4) is 0 Å². The molecule has 7 heteroatoms. The van der Waals surface area contributed by atoms with Gasteiger partial charge in [0.05, 0.1) is 12.7 Å². The smallest absolute Gasteiger partial charge is 0.166 e. The summed E-state index contributed by atoms with van der Waals surface area (Å²) in [6.07, 6.45) is -3.68. The summed E-state index contributed by atoms with van der Waals surface area (Å²) in [4.78, 5) is 0. The minimum Gasteiger partial charge on any atom is -0.393 e. The van der Waals surface area contributed by atoms with Crippen molar-refractivity contribution >= 4 is 0 Å². The van der Waals surface area contributed by atoms with Crippen molar-refractivity contribution < 1.29 is 34.6 Å². The van der Waals surface area contributed by atoms with E-state index in [4.69, 9.17) is 14.2 Å². The normalized spacial score (nSPS) is 52.3. The fraction of sp³-hybridized carbons (Fsp3) is 1.00. The lowest BCUT2D eigenvalue weighted by Gasteiger charge is -2.42. The van der Waals surface area contributed by atoms with E-state index in [9.17, 15) is 20.4 Å². The molecule has 0 aromatic carbocycles. The standard InChI is InChI=1S/C11H20O7/c1-16-6-3-5-7(10(17-2)18-6)11(15,4-12)9(14)8(5)13/h5-10,12-15H,3-4H2,1-2H3/t5-,6+,7-,8+,9+,10-,11+/m1/s1. The van der Waals surface area contributed by atoms with Crippen LogP contribution in [0.3, 0.4) is 0 Å². The predicted octanol–water partition coefficient (Wildman–Crippen LogP) is -1.96. The zero-order valence-electron chi connectivity index (χ0n) is 10.4. The third-order valence-electron chi connectivity index (χ3n) is 4.11. The van der Waals surface area contributed by atoms with Crippen molar-refractivity contribution in [1.82, 2.24) is 0 Å². The highest BCUT2D eigenvalue weighted by Crippen LogP contribution is 2.48. The SMILES string of the molecule is CO[C@@H]1C[C@H]2[C@H](O)[C@H](O)[C@](O)(CO)[C@H]2[C@H](OC)O1. The first kappa shape index (κ1) is 14.1. The van der Waals surface area contributed by atoms with Crippen LogP contribution in [0.5, 0.6) is 0 Å². The molecule has 0 unspecified atom stereocenters. The predicted molar refractivity (Wildman–Crippen MR) is 58.3 cm³/mol. The first-order valence-electron chi connectivity index (χ1n) is 5.90. The van der Waals surface area contributed by atoms with Gasteiger partial charge in [-0.3, -0.25) is 0 Å². The van der Waals surface area contributed by atoms with Gasteiger partial charge >= 0.3 is 0 Å². The zero-order valence-corrected chi connectivity index (χ0v) is 10.4. The number of rotatable bonds is 3. The quantitative estimate of drug-likeness (QED) is 0.469. The van der Waals surface area contributed by atoms with Crippen LogP contribution in [0, 0.1) is 11.8 Å². The van der Waals surface area contributed by atoms with Crippen LogP contribution in [-0.2, 0) is 14.2 Å². The molecule has 0 aromatic rings. The molecule has 18 heavy (non-hydrogen) atoms. The van der Waals surface area contributed by atoms with Crippen LogP contribution in [0.25, 0.3) is 0 Å². The fourth-order valence-electron chi connectivity index (χ4n) is 3.10. The monoisotopic (exact) mass is 264 g/mol. The van der Waals surface area contributed by atoms with Gasteiger partial charge in [0, 0.05) is 32.5 Å². The van der Waals surface area contributed by atoms with Crippen LogP contribution >= 0.6 is 0 Å². The first-order chi connectivity index (χ1) is 8.49. The van der Waals surface area contributed by atoms with Gasteiger partial charge in [0.2, 0.25) is 0 Å². The zero-order chi connectivity index (χ0) is 13.5. The molecule has 106 valence electrons. The average Bonchev–Trinajstić information content (AvgIpc) is 2.60. The van der Waals surface area contributed by atoms with Gasteiger partial charge in [-0.2, -0.15) is 0 Å². The Morgan fingerprint density at radius 2 is 1.94 bits per heavy atom. The van der Waals surface area contributed by atoms with Gasteiger partial charge in [-0.05, 0) is 0 Å². The number of aliphatic hydroxyl groups is 4. The minimum absolute atomic E-state index is 0.321. The summed E-state index contributed by atoms with van der Waals surface area (Å²) in [5, 5.41) is 39.6. The van der Waals surface area contributed by atoms with Crippen molar-refractivity contribution in [2.24, 2.45) is 11.8 Å². The molecule has 0 spiro atoms. The highest BCUT2D eigenvalue weighted by molar-refractivity contribution is 5.10. The number of ether oxygens (including phenoxy) is 3. The van der Waals surface area contributed by atoms with Crippen molar-refractivity contribution in [2.45, 2.75) is 36.8 Å². The van der Waals surface area contributed by atoms with Gasteiger partial charge in [0.15, 0.2) is 12.6 Å². The van der Waals surface area contributed by atoms with E-state index >= 15 is 0 Å². The van der Waals surface area contributed by atoms with Crippen molar-refractivity contribution in [2.75, 3.05) is 20.8 Å². The van der Waals surface area contributed by atoms with Gasteiger partial charge in [-0.15, -0.1) is 0 Å². The number of hydrogen-bond acceptors (Lipinski definition) is 7. The maximum absolute atomic E-state index is 10.3. The number of fused-ring (bicyclic) bond motifs is 1. The second-order valence-electron chi connectivity index (χ2n) is 4.92. The summed E-state index contributed by atoms with van der Waals surface area (Å²) in [5.74, 6) is -1.16.